The van der Waals surface area contributed by atoms with Gasteiger partial charge in [0.15, 0.2) is 6.61 Å². The molecular weight excluding hydrogens is 264 g/mol. The van der Waals surface area contributed by atoms with Gasteiger partial charge in [-0.3, -0.25) is 9.63 Å². The van der Waals surface area contributed by atoms with Gasteiger partial charge < -0.3 is 15.3 Å². The van der Waals surface area contributed by atoms with Crippen LogP contribution in [0.2, 0.25) is 0 Å². The van der Waals surface area contributed by atoms with E-state index in [1.165, 1.54) is 6.92 Å². The molecule has 0 saturated carbocycles. The van der Waals surface area contributed by atoms with E-state index < -0.39 is 10.8 Å². The number of amides is 1. The summed E-state index contributed by atoms with van der Waals surface area (Å²) in [6, 6.07) is 8.66. The smallest absolute Gasteiger partial charge is 0.364 e. The third kappa shape index (κ3) is 3.94. The summed E-state index contributed by atoms with van der Waals surface area (Å²) in [5.41, 5.74) is 0. The summed E-state index contributed by atoms with van der Waals surface area (Å²) in [4.78, 5) is 25.8. The van der Waals surface area contributed by atoms with Crippen LogP contribution in [0.1, 0.15) is 6.92 Å². The van der Waals surface area contributed by atoms with Crippen LogP contribution in [0.3, 0.4) is 0 Å². The van der Waals surface area contributed by atoms with E-state index in [4.69, 9.17) is 4.74 Å². The minimum Gasteiger partial charge on any atom is -0.589 e. The van der Waals surface area contributed by atoms with E-state index in [0.29, 0.717) is 5.75 Å². The lowest BCUT2D eigenvalue weighted by molar-refractivity contribution is -1.08. The molecule has 0 bridgehead atoms. The molecule has 7 nitrogen and oxygen atoms in total. The van der Waals surface area contributed by atoms with Crippen LogP contribution in [0.4, 0.5) is 0 Å². The Morgan fingerprint density at radius 3 is 2.60 bits per heavy atom. The molecule has 1 N–H and O–H groups in total. The Morgan fingerprint density at radius 2 is 2.00 bits per heavy atom. The lowest BCUT2D eigenvalue weighted by atomic mass is 10.1. The van der Waals surface area contributed by atoms with Gasteiger partial charge in [0, 0.05) is 6.92 Å². The van der Waals surface area contributed by atoms with Gasteiger partial charge >= 0.3 is 5.97 Å². The number of quaternary nitrogens is 1. The van der Waals surface area contributed by atoms with Gasteiger partial charge in [-0.1, -0.05) is 18.2 Å². The van der Waals surface area contributed by atoms with Crippen molar-refractivity contribution in [2.45, 2.75) is 13.0 Å². The molecule has 0 atom stereocenters. The fourth-order valence-electron chi connectivity index (χ4n) is 1.95. The van der Waals surface area contributed by atoms with Crippen molar-refractivity contribution in [1.82, 2.24) is 5.32 Å². The van der Waals surface area contributed by atoms with Gasteiger partial charge in [0.2, 0.25) is 0 Å². The largest absolute Gasteiger partial charge is 0.589 e. The molecule has 20 heavy (non-hydrogen) atoms. The van der Waals surface area contributed by atoms with Crippen molar-refractivity contribution >= 4 is 11.9 Å². The number of para-hydroxylation sites is 1. The molecule has 0 aromatic heterocycles. The van der Waals surface area contributed by atoms with Gasteiger partial charge in [0.1, 0.15) is 24.9 Å². The average molecular weight is 280 g/mol. The van der Waals surface area contributed by atoms with E-state index >= 15 is 0 Å². The normalized spacial score (nSPS) is 24.4. The molecule has 0 unspecified atom stereocenters. The molecule has 1 saturated heterocycles. The molecule has 7 heteroatoms. The first-order valence-electron chi connectivity index (χ1n) is 6.22. The van der Waals surface area contributed by atoms with Crippen LogP contribution in [-0.2, 0) is 14.4 Å². The number of nitrogens with one attached hydrogen (secondary N) is 1. The Labute approximate surface area is 116 Å². The molecule has 0 radical (unpaired) electrons. The summed E-state index contributed by atoms with van der Waals surface area (Å²) < 4.78 is 5.27. The van der Waals surface area contributed by atoms with Crippen LogP contribution < -0.4 is 10.1 Å². The summed E-state index contributed by atoms with van der Waals surface area (Å²) in [5.74, 6) is -0.338. The highest BCUT2D eigenvalue weighted by atomic mass is 16.9. The molecule has 0 aliphatic carbocycles. The van der Waals surface area contributed by atoms with Crippen molar-refractivity contribution in [3.8, 4) is 5.75 Å². The van der Waals surface area contributed by atoms with Crippen molar-refractivity contribution in [3.05, 3.63) is 35.5 Å². The minimum atomic E-state index is -1.04. The fraction of sp³-hybridized carbons (Fsp3) is 0.385. The first-order chi connectivity index (χ1) is 9.47. The van der Waals surface area contributed by atoms with Crippen LogP contribution in [0.5, 0.6) is 5.75 Å². The maximum atomic E-state index is 11.7. The molecule has 1 heterocycles. The molecule has 108 valence electrons. The maximum Gasteiger partial charge on any atom is 0.364 e. The number of hydrogen-bond donors (Lipinski definition) is 1. The van der Waals surface area contributed by atoms with E-state index in [1.54, 1.807) is 12.1 Å². The fourth-order valence-corrected chi connectivity index (χ4v) is 1.95. The zero-order chi connectivity index (χ0) is 14.6. The van der Waals surface area contributed by atoms with E-state index in [1.807, 2.05) is 18.2 Å². The van der Waals surface area contributed by atoms with Gasteiger partial charge in [-0.2, -0.15) is 4.81 Å². The number of hydroxylamine groups is 4. The second kappa shape index (κ2) is 5.89. The number of rotatable bonds is 5. The van der Waals surface area contributed by atoms with Crippen LogP contribution in [-0.4, -0.2) is 42.4 Å². The summed E-state index contributed by atoms with van der Waals surface area (Å²) in [5, 5.41) is 14.3. The monoisotopic (exact) mass is 280 g/mol. The van der Waals surface area contributed by atoms with Gasteiger partial charge in [0.25, 0.3) is 5.91 Å². The van der Waals surface area contributed by atoms with E-state index in [9.17, 15) is 14.8 Å². The van der Waals surface area contributed by atoms with Crippen molar-refractivity contribution < 1.29 is 24.0 Å². The van der Waals surface area contributed by atoms with Gasteiger partial charge in [0.05, 0.1) is 0 Å². The van der Waals surface area contributed by atoms with E-state index in [-0.39, 0.29) is 31.6 Å². The number of ether oxygens (including phenoxy) is 1. The van der Waals surface area contributed by atoms with Crippen molar-refractivity contribution in [1.29, 1.82) is 0 Å². The molecule has 1 aromatic carbocycles. The predicted octanol–water partition coefficient (Wildman–Crippen LogP) is 0.356. The van der Waals surface area contributed by atoms with Gasteiger partial charge in [-0.05, 0) is 12.1 Å². The second-order valence-electron chi connectivity index (χ2n) is 4.63. The lowest BCUT2D eigenvalue weighted by Crippen LogP contribution is -2.68. The molecule has 1 aliphatic rings. The summed E-state index contributed by atoms with van der Waals surface area (Å²) in [6.07, 6.45) is 0. The zero-order valence-corrected chi connectivity index (χ0v) is 11.1. The Hall–Kier alpha value is -2.12. The third-order valence-corrected chi connectivity index (χ3v) is 2.77. The van der Waals surface area contributed by atoms with E-state index in [2.05, 4.69) is 10.2 Å². The molecule has 1 aliphatic heterocycles. The minimum absolute atomic E-state index is 0.0245. The quantitative estimate of drug-likeness (QED) is 0.621. The molecule has 2 rings (SSSR count). The first-order valence-corrected chi connectivity index (χ1v) is 6.22. The summed E-state index contributed by atoms with van der Waals surface area (Å²) in [6.45, 7) is 1.11. The second-order valence-corrected chi connectivity index (χ2v) is 4.63. The van der Waals surface area contributed by atoms with E-state index in [0.717, 1.165) is 0 Å². The maximum absolute atomic E-state index is 11.7. The molecule has 1 fully saturated rings. The SMILES string of the molecule is CC(=O)O[N+]1([O-])CC(NC(=O)COc2ccccc2)C1. The number of carbonyl (C=O) groups is 2. The number of benzene rings is 1. The highest BCUT2D eigenvalue weighted by Crippen LogP contribution is 2.19. The Balaban J connectivity index is 1.68. The third-order valence-electron chi connectivity index (χ3n) is 2.77. The number of nitrogens with zero attached hydrogens (tertiary/aromatic N) is 1. The number of carbonyl (C=O) groups excluding carboxylic acids is 2. The Bertz CT molecular complexity index is 485. The van der Waals surface area contributed by atoms with Crippen molar-refractivity contribution in [3.63, 3.8) is 0 Å². The highest BCUT2D eigenvalue weighted by molar-refractivity contribution is 5.78. The average Bonchev–Trinajstić information content (AvgIpc) is 2.35. The van der Waals surface area contributed by atoms with Crippen molar-refractivity contribution in [2.75, 3.05) is 19.7 Å². The van der Waals surface area contributed by atoms with Crippen LogP contribution in [0.25, 0.3) is 0 Å². The molecular formula is C13H16N2O5. The Morgan fingerprint density at radius 1 is 1.35 bits per heavy atom. The predicted molar refractivity (Wildman–Crippen MR) is 69.0 cm³/mol. The van der Waals surface area contributed by atoms with Gasteiger partial charge in [-0.25, -0.2) is 4.79 Å². The topological polar surface area (TPSA) is 87.7 Å². The van der Waals surface area contributed by atoms with Crippen LogP contribution in [0.15, 0.2) is 30.3 Å². The highest BCUT2D eigenvalue weighted by Gasteiger charge is 2.42. The Kier molecular flexibility index (Phi) is 4.21. The van der Waals surface area contributed by atoms with Gasteiger partial charge in [-0.15, -0.1) is 0 Å². The molecule has 1 amide bonds. The van der Waals surface area contributed by atoms with Crippen LogP contribution >= 0.6 is 0 Å². The number of hydrogen-bond acceptors (Lipinski definition) is 5. The first kappa shape index (κ1) is 14.3. The standard InChI is InChI=1S/C13H16N2O5/c1-10(16)20-15(18)7-11(8-15)14-13(17)9-19-12-5-3-2-4-6-12/h2-6,11H,7-9H2,1H3,(H,14,17). The lowest BCUT2D eigenvalue weighted by Gasteiger charge is -2.48. The molecule has 1 aromatic rings. The zero-order valence-electron chi connectivity index (χ0n) is 11.1. The molecule has 0 spiro atoms. The summed E-state index contributed by atoms with van der Waals surface area (Å²) in [7, 11) is 0. The van der Waals surface area contributed by atoms with Crippen LogP contribution in [0, 0.1) is 5.21 Å². The summed E-state index contributed by atoms with van der Waals surface area (Å²) >= 11 is 0. The van der Waals surface area contributed by atoms with Crippen molar-refractivity contribution in [2.24, 2.45) is 0 Å².